The highest BCUT2D eigenvalue weighted by Crippen LogP contribution is 2.06. The minimum atomic E-state index is 0.536. The van der Waals surface area contributed by atoms with Crippen LogP contribution in [-0.4, -0.2) is 15.4 Å². The summed E-state index contributed by atoms with van der Waals surface area (Å²) in [6.07, 6.45) is 0. The van der Waals surface area contributed by atoms with E-state index in [-0.39, 0.29) is 0 Å². The molecule has 6 heteroatoms. The number of aromatic nitrogens is 3. The second kappa shape index (κ2) is 6.24. The van der Waals surface area contributed by atoms with Crippen LogP contribution in [0.1, 0.15) is 5.56 Å². The molecule has 3 N–H and O–H groups in total. The highest BCUT2D eigenvalue weighted by atomic mass is 32.1. The van der Waals surface area contributed by atoms with Gasteiger partial charge >= 0.3 is 0 Å². The Hall–Kier alpha value is -1.40. The molecule has 0 aliphatic heterocycles. The first-order chi connectivity index (χ1) is 7.59. The number of H-pyrrole nitrogens is 1. The number of thiol groups is 1. The highest BCUT2D eigenvalue weighted by Gasteiger charge is 1.84. The monoisotopic (exact) mass is 252 g/mol. The fourth-order valence-electron chi connectivity index (χ4n) is 0.891. The number of hydrogen-bond donors (Lipinski definition) is 3. The average Bonchev–Trinajstić information content (AvgIpc) is 2.23. The minimum absolute atomic E-state index is 0.536. The Morgan fingerprint density at radius 2 is 2.06 bits per heavy atom. The third kappa shape index (κ3) is 4.41. The van der Waals surface area contributed by atoms with Crippen LogP contribution in [0.2, 0.25) is 0 Å². The van der Waals surface area contributed by atoms with Gasteiger partial charge in [-0.15, -0.1) is 17.7 Å². The molecule has 1 heterocycles. The van der Waals surface area contributed by atoms with Crippen molar-refractivity contribution < 1.29 is 0 Å². The van der Waals surface area contributed by atoms with E-state index < -0.39 is 0 Å². The van der Waals surface area contributed by atoms with Crippen LogP contribution in [0.3, 0.4) is 0 Å². The summed E-state index contributed by atoms with van der Waals surface area (Å²) >= 11 is 8.59. The Bertz CT molecular complexity index is 489. The van der Waals surface area contributed by atoms with E-state index in [0.717, 1.165) is 11.3 Å². The largest absolute Gasteiger partial charge is 0.399 e. The number of nitrogens with two attached hydrogens (primary N) is 1. The van der Waals surface area contributed by atoms with E-state index in [1.807, 2.05) is 31.2 Å². The Kier molecular flexibility index (Phi) is 4.94. The lowest BCUT2D eigenvalue weighted by Crippen LogP contribution is -1.85. The molecule has 0 saturated heterocycles. The second-order valence-electron chi connectivity index (χ2n) is 3.04. The molecule has 0 spiro atoms. The van der Waals surface area contributed by atoms with Crippen molar-refractivity contribution in [2.45, 2.75) is 11.9 Å². The van der Waals surface area contributed by atoms with E-state index in [4.69, 9.17) is 18.0 Å². The standard InChI is InChI=1S/C7H9N.C3H3N3S2/c1-6-4-2-3-5-7(6)8;7-2-1-3(8)5-6-4-2/h2-5H,8H2,1H3;1H,(H2,4,5,7,8). The lowest BCUT2D eigenvalue weighted by molar-refractivity contribution is 0.798. The van der Waals surface area contributed by atoms with E-state index in [1.54, 1.807) is 6.07 Å². The van der Waals surface area contributed by atoms with Gasteiger partial charge in [0.05, 0.1) is 0 Å². The summed E-state index contributed by atoms with van der Waals surface area (Å²) in [6, 6.07) is 9.42. The number of anilines is 1. The zero-order valence-electron chi connectivity index (χ0n) is 8.71. The maximum Gasteiger partial charge on any atom is 0.123 e. The molecule has 1 aromatic heterocycles. The average molecular weight is 252 g/mol. The van der Waals surface area contributed by atoms with Crippen LogP contribution >= 0.6 is 24.8 Å². The second-order valence-corrected chi connectivity index (χ2v) is 3.93. The molecule has 1 aromatic carbocycles. The fraction of sp³-hybridized carbons (Fsp3) is 0.100. The van der Waals surface area contributed by atoms with E-state index in [1.165, 1.54) is 0 Å². The first-order valence-corrected chi connectivity index (χ1v) is 5.37. The first-order valence-electron chi connectivity index (χ1n) is 4.52. The summed E-state index contributed by atoms with van der Waals surface area (Å²) < 4.78 is 0.546. The number of benzene rings is 1. The molecular formula is C10H12N4S2. The minimum Gasteiger partial charge on any atom is -0.399 e. The van der Waals surface area contributed by atoms with Crippen molar-refractivity contribution in [2.75, 3.05) is 5.73 Å². The predicted molar refractivity (Wildman–Crippen MR) is 70.1 cm³/mol. The van der Waals surface area contributed by atoms with Crippen LogP contribution in [0.25, 0.3) is 0 Å². The summed E-state index contributed by atoms with van der Waals surface area (Å²) in [5, 5.41) is 9.97. The van der Waals surface area contributed by atoms with E-state index in [0.29, 0.717) is 9.67 Å². The first kappa shape index (κ1) is 12.7. The quantitative estimate of drug-likeness (QED) is 0.382. The number of nitrogens with zero attached hydrogens (tertiary/aromatic N) is 2. The van der Waals surface area contributed by atoms with Gasteiger partial charge in [-0.05, 0) is 18.6 Å². The van der Waals surface area contributed by atoms with Gasteiger partial charge in [0, 0.05) is 11.8 Å². The van der Waals surface area contributed by atoms with Crippen molar-refractivity contribution in [1.82, 2.24) is 15.4 Å². The fourth-order valence-corrected chi connectivity index (χ4v) is 1.30. The van der Waals surface area contributed by atoms with Crippen molar-refractivity contribution in [3.05, 3.63) is 40.5 Å². The van der Waals surface area contributed by atoms with Gasteiger partial charge in [-0.25, -0.2) is 5.10 Å². The molecule has 0 aliphatic rings. The molecule has 0 amide bonds. The number of nitrogen functional groups attached to an aromatic ring is 1. The number of hydrogen-bond acceptors (Lipinski definition) is 5. The number of aryl methyl sites for hydroxylation is 1. The lowest BCUT2D eigenvalue weighted by atomic mass is 10.2. The Labute approximate surface area is 104 Å². The zero-order chi connectivity index (χ0) is 12.0. The van der Waals surface area contributed by atoms with Gasteiger partial charge in [0.1, 0.15) is 9.67 Å². The van der Waals surface area contributed by atoms with Crippen molar-refractivity contribution in [2.24, 2.45) is 0 Å². The summed E-state index contributed by atoms with van der Waals surface area (Å²) in [5.41, 5.74) is 7.53. The highest BCUT2D eigenvalue weighted by molar-refractivity contribution is 7.80. The third-order valence-electron chi connectivity index (χ3n) is 1.76. The molecule has 84 valence electrons. The van der Waals surface area contributed by atoms with E-state index >= 15 is 0 Å². The summed E-state index contributed by atoms with van der Waals surface area (Å²) in [4.78, 5) is 0. The van der Waals surface area contributed by atoms with Gasteiger partial charge in [-0.2, -0.15) is 0 Å². The molecule has 0 atom stereocenters. The molecule has 2 aromatic rings. The predicted octanol–water partition coefficient (Wildman–Crippen LogP) is 2.40. The molecule has 0 fully saturated rings. The molecule has 0 aliphatic carbocycles. The molecule has 2 rings (SSSR count). The van der Waals surface area contributed by atoms with Crippen LogP contribution in [-0.2, 0) is 0 Å². The normalized spacial score (nSPS) is 9.12. The Balaban J connectivity index is 0.000000160. The topological polar surface area (TPSA) is 67.6 Å². The molecular weight excluding hydrogens is 240 g/mol. The van der Waals surface area contributed by atoms with Crippen LogP contribution in [0.15, 0.2) is 35.4 Å². The zero-order valence-corrected chi connectivity index (χ0v) is 10.4. The maximum atomic E-state index is 5.52. The Morgan fingerprint density at radius 3 is 2.44 bits per heavy atom. The lowest BCUT2D eigenvalue weighted by Gasteiger charge is -1.93. The molecule has 0 unspecified atom stereocenters. The summed E-state index contributed by atoms with van der Waals surface area (Å²) in [7, 11) is 0. The number of nitrogens with one attached hydrogen (secondary N) is 1. The van der Waals surface area contributed by atoms with Gasteiger partial charge in [0.15, 0.2) is 0 Å². The van der Waals surface area contributed by atoms with Crippen LogP contribution < -0.4 is 5.73 Å². The maximum absolute atomic E-state index is 5.52. The van der Waals surface area contributed by atoms with Gasteiger partial charge in [0.2, 0.25) is 0 Å². The number of rotatable bonds is 0. The smallest absolute Gasteiger partial charge is 0.123 e. The molecule has 16 heavy (non-hydrogen) atoms. The van der Waals surface area contributed by atoms with Gasteiger partial charge in [-0.1, -0.05) is 35.6 Å². The molecule has 4 nitrogen and oxygen atoms in total. The van der Waals surface area contributed by atoms with Gasteiger partial charge in [-0.3, -0.25) is 0 Å². The summed E-state index contributed by atoms with van der Waals surface area (Å²) in [6.45, 7) is 2.00. The van der Waals surface area contributed by atoms with Crippen molar-refractivity contribution in [3.8, 4) is 0 Å². The van der Waals surface area contributed by atoms with Crippen LogP contribution in [0.4, 0.5) is 5.69 Å². The third-order valence-corrected chi connectivity index (χ3v) is 2.19. The van der Waals surface area contributed by atoms with Crippen LogP contribution in [0.5, 0.6) is 0 Å². The molecule has 0 radical (unpaired) electrons. The van der Waals surface area contributed by atoms with Crippen molar-refractivity contribution >= 4 is 30.5 Å². The number of aromatic amines is 1. The SMILES string of the molecule is Cc1ccccc1N.S=c1cc(S)nn[nH]1. The Morgan fingerprint density at radius 1 is 1.38 bits per heavy atom. The van der Waals surface area contributed by atoms with Crippen molar-refractivity contribution in [3.63, 3.8) is 0 Å². The van der Waals surface area contributed by atoms with E-state index in [2.05, 4.69) is 28.0 Å². The number of para-hydroxylation sites is 1. The summed E-state index contributed by atoms with van der Waals surface area (Å²) in [5.74, 6) is 0. The van der Waals surface area contributed by atoms with Crippen LogP contribution in [0, 0.1) is 11.6 Å². The van der Waals surface area contributed by atoms with Gasteiger partial charge in [0.25, 0.3) is 0 Å². The van der Waals surface area contributed by atoms with Gasteiger partial charge < -0.3 is 5.73 Å². The van der Waals surface area contributed by atoms with Crippen molar-refractivity contribution in [1.29, 1.82) is 0 Å². The molecule has 0 bridgehead atoms. The van der Waals surface area contributed by atoms with E-state index in [9.17, 15) is 0 Å². The molecule has 0 saturated carbocycles.